The van der Waals surface area contributed by atoms with Gasteiger partial charge in [-0.15, -0.1) is 0 Å². The second kappa shape index (κ2) is 6.73. The summed E-state index contributed by atoms with van der Waals surface area (Å²) in [5.74, 6) is 0.400. The molecule has 0 aliphatic rings. The molecule has 0 unspecified atom stereocenters. The van der Waals surface area contributed by atoms with Crippen LogP contribution in [0.1, 0.15) is 15.9 Å². The van der Waals surface area contributed by atoms with Gasteiger partial charge in [-0.25, -0.2) is 5.43 Å². The van der Waals surface area contributed by atoms with Crippen LogP contribution >= 0.6 is 11.6 Å². The van der Waals surface area contributed by atoms with E-state index in [1.807, 2.05) is 18.2 Å². The Morgan fingerprint density at radius 3 is 2.55 bits per heavy atom. The smallest absolute Gasteiger partial charge is 0.271 e. The Labute approximate surface area is 122 Å². The number of carbonyl (C=O) groups excluding carboxylic acids is 1. The minimum Gasteiger partial charge on any atom is -0.497 e. The molecule has 1 amide bonds. The lowest BCUT2D eigenvalue weighted by atomic mass is 10.2. The molecule has 0 aliphatic carbocycles. The van der Waals surface area contributed by atoms with Crippen LogP contribution in [0.2, 0.25) is 5.02 Å². The van der Waals surface area contributed by atoms with E-state index in [1.54, 1.807) is 37.4 Å². The maximum absolute atomic E-state index is 11.8. The van der Waals surface area contributed by atoms with Crippen LogP contribution < -0.4 is 10.2 Å². The summed E-state index contributed by atoms with van der Waals surface area (Å²) in [6.07, 6.45) is 1.50. The number of benzene rings is 2. The number of methoxy groups -OCH3 is 1. The van der Waals surface area contributed by atoms with Crippen LogP contribution in [-0.4, -0.2) is 19.2 Å². The Hall–Kier alpha value is -2.33. The van der Waals surface area contributed by atoms with Gasteiger partial charge in [0.15, 0.2) is 0 Å². The molecule has 0 aromatic heterocycles. The molecule has 0 heterocycles. The van der Waals surface area contributed by atoms with Crippen molar-refractivity contribution in [2.75, 3.05) is 7.11 Å². The van der Waals surface area contributed by atoms with Gasteiger partial charge < -0.3 is 4.74 Å². The molecule has 4 nitrogen and oxygen atoms in total. The van der Waals surface area contributed by atoms with E-state index in [9.17, 15) is 4.79 Å². The molecule has 0 fully saturated rings. The Morgan fingerprint density at radius 2 is 1.90 bits per heavy atom. The average Bonchev–Trinajstić information content (AvgIpc) is 2.49. The topological polar surface area (TPSA) is 50.7 Å². The van der Waals surface area contributed by atoms with Crippen molar-refractivity contribution in [1.82, 2.24) is 5.43 Å². The van der Waals surface area contributed by atoms with Crippen molar-refractivity contribution in [1.29, 1.82) is 0 Å². The number of carbonyl (C=O) groups is 1. The highest BCUT2D eigenvalue weighted by molar-refractivity contribution is 6.33. The number of hydrogen-bond acceptors (Lipinski definition) is 3. The van der Waals surface area contributed by atoms with Crippen LogP contribution in [0.25, 0.3) is 0 Å². The summed E-state index contributed by atoms with van der Waals surface area (Å²) in [6.45, 7) is 0. The minimum atomic E-state index is -0.295. The average molecular weight is 289 g/mol. The van der Waals surface area contributed by atoms with E-state index in [1.165, 1.54) is 6.21 Å². The molecule has 1 N–H and O–H groups in total. The van der Waals surface area contributed by atoms with Gasteiger partial charge in [0.2, 0.25) is 0 Å². The Morgan fingerprint density at radius 1 is 1.20 bits per heavy atom. The quantitative estimate of drug-likeness (QED) is 0.694. The van der Waals surface area contributed by atoms with Crippen LogP contribution in [-0.2, 0) is 0 Å². The summed E-state index contributed by atoms with van der Waals surface area (Å²) in [7, 11) is 1.57. The fourth-order valence-corrected chi connectivity index (χ4v) is 1.73. The fraction of sp³-hybridized carbons (Fsp3) is 0.0667. The highest BCUT2D eigenvalue weighted by atomic mass is 35.5. The third kappa shape index (κ3) is 3.59. The van der Waals surface area contributed by atoms with E-state index < -0.39 is 0 Å². The highest BCUT2D eigenvalue weighted by Crippen LogP contribution is 2.12. The fourth-order valence-electron chi connectivity index (χ4n) is 1.55. The number of hydrogen-bond donors (Lipinski definition) is 1. The van der Waals surface area contributed by atoms with E-state index in [0.29, 0.717) is 16.3 Å². The van der Waals surface area contributed by atoms with E-state index in [2.05, 4.69) is 10.5 Å². The van der Waals surface area contributed by atoms with Gasteiger partial charge >= 0.3 is 0 Å². The van der Waals surface area contributed by atoms with Crippen molar-refractivity contribution in [3.8, 4) is 5.75 Å². The summed E-state index contributed by atoms with van der Waals surface area (Å²) >= 11 is 5.97. The van der Waals surface area contributed by atoms with E-state index in [4.69, 9.17) is 16.3 Å². The van der Waals surface area contributed by atoms with Gasteiger partial charge in [-0.2, -0.15) is 5.10 Å². The first-order valence-corrected chi connectivity index (χ1v) is 6.30. The maximum atomic E-state index is 11.8. The van der Waals surface area contributed by atoms with Crippen LogP contribution in [0.3, 0.4) is 0 Å². The van der Waals surface area contributed by atoms with Crippen LogP contribution in [0, 0.1) is 0 Å². The predicted octanol–water partition coefficient (Wildman–Crippen LogP) is 3.11. The molecule has 0 spiro atoms. The molecule has 0 atom stereocenters. The van der Waals surface area contributed by atoms with Crippen LogP contribution in [0.4, 0.5) is 0 Å². The van der Waals surface area contributed by atoms with Crippen molar-refractivity contribution in [3.05, 3.63) is 64.7 Å². The van der Waals surface area contributed by atoms with Gasteiger partial charge in [0.05, 0.1) is 13.3 Å². The molecule has 2 aromatic rings. The number of halogens is 1. The van der Waals surface area contributed by atoms with Crippen molar-refractivity contribution >= 4 is 23.7 Å². The molecule has 0 bridgehead atoms. The van der Waals surface area contributed by atoms with Crippen molar-refractivity contribution in [2.45, 2.75) is 0 Å². The normalized spacial score (nSPS) is 10.5. The third-order valence-corrected chi connectivity index (χ3v) is 2.97. The van der Waals surface area contributed by atoms with Gasteiger partial charge in [0.25, 0.3) is 5.91 Å². The zero-order valence-electron chi connectivity index (χ0n) is 10.8. The number of rotatable bonds is 4. The summed E-state index contributed by atoms with van der Waals surface area (Å²) in [5.41, 5.74) is 3.69. The molecular formula is C15H13ClN2O2. The number of hydrazone groups is 1. The van der Waals surface area contributed by atoms with E-state index >= 15 is 0 Å². The molecule has 0 aliphatic heterocycles. The standard InChI is InChI=1S/C15H13ClN2O2/c1-20-13-8-6-11(7-9-13)15(19)18-17-10-12-4-2-3-5-14(12)16/h2-10H,1H3,(H,18,19). The lowest BCUT2D eigenvalue weighted by Crippen LogP contribution is -2.17. The van der Waals surface area contributed by atoms with Crippen LogP contribution in [0.5, 0.6) is 5.75 Å². The lowest BCUT2D eigenvalue weighted by Gasteiger charge is -2.02. The Balaban J connectivity index is 1.99. The van der Waals surface area contributed by atoms with Gasteiger partial charge in [-0.05, 0) is 30.3 Å². The van der Waals surface area contributed by atoms with Crippen LogP contribution in [0.15, 0.2) is 53.6 Å². The first kappa shape index (κ1) is 14.1. The zero-order valence-corrected chi connectivity index (χ0v) is 11.6. The molecule has 20 heavy (non-hydrogen) atoms. The minimum absolute atomic E-state index is 0.295. The van der Waals surface area contributed by atoms with Gasteiger partial charge in [0, 0.05) is 16.1 Å². The van der Waals surface area contributed by atoms with E-state index in [-0.39, 0.29) is 5.91 Å². The molecule has 0 saturated carbocycles. The number of ether oxygens (including phenoxy) is 1. The number of nitrogens with zero attached hydrogens (tertiary/aromatic N) is 1. The maximum Gasteiger partial charge on any atom is 0.271 e. The van der Waals surface area contributed by atoms with Crippen molar-refractivity contribution in [2.24, 2.45) is 5.10 Å². The lowest BCUT2D eigenvalue weighted by molar-refractivity contribution is 0.0955. The SMILES string of the molecule is COc1ccc(C(=O)NN=Cc2ccccc2Cl)cc1. The summed E-state index contributed by atoms with van der Waals surface area (Å²) in [6, 6.07) is 14.0. The molecule has 2 aromatic carbocycles. The summed E-state index contributed by atoms with van der Waals surface area (Å²) in [4.78, 5) is 11.8. The molecule has 0 saturated heterocycles. The van der Waals surface area contributed by atoms with Crippen molar-refractivity contribution < 1.29 is 9.53 Å². The highest BCUT2D eigenvalue weighted by Gasteiger charge is 2.03. The number of nitrogens with one attached hydrogen (secondary N) is 1. The second-order valence-electron chi connectivity index (χ2n) is 3.95. The molecule has 2 rings (SSSR count). The third-order valence-electron chi connectivity index (χ3n) is 2.63. The van der Waals surface area contributed by atoms with Gasteiger partial charge in [-0.1, -0.05) is 29.8 Å². The Kier molecular flexibility index (Phi) is 4.74. The zero-order chi connectivity index (χ0) is 14.4. The monoisotopic (exact) mass is 288 g/mol. The molecular weight excluding hydrogens is 276 g/mol. The Bertz CT molecular complexity index is 624. The molecule has 0 radical (unpaired) electrons. The van der Waals surface area contributed by atoms with Gasteiger partial charge in [-0.3, -0.25) is 4.79 Å². The largest absolute Gasteiger partial charge is 0.497 e. The molecule has 5 heteroatoms. The summed E-state index contributed by atoms with van der Waals surface area (Å²) in [5, 5.41) is 4.46. The first-order valence-electron chi connectivity index (χ1n) is 5.92. The number of amides is 1. The first-order chi connectivity index (χ1) is 9.70. The molecule has 102 valence electrons. The second-order valence-corrected chi connectivity index (χ2v) is 4.36. The van der Waals surface area contributed by atoms with Crippen molar-refractivity contribution in [3.63, 3.8) is 0 Å². The van der Waals surface area contributed by atoms with Gasteiger partial charge in [0.1, 0.15) is 5.75 Å². The van der Waals surface area contributed by atoms with E-state index in [0.717, 1.165) is 5.56 Å². The predicted molar refractivity (Wildman–Crippen MR) is 79.5 cm³/mol. The summed E-state index contributed by atoms with van der Waals surface area (Å²) < 4.78 is 5.03.